The Kier molecular flexibility index (Phi) is 3.08. The molecule has 0 fully saturated rings. The molecule has 2 rings (SSSR count). The normalized spacial score (nSPS) is 10.6. The van der Waals surface area contributed by atoms with E-state index in [4.69, 9.17) is 23.2 Å². The molecule has 0 saturated heterocycles. The molecule has 0 aliphatic carbocycles. The molecule has 0 spiro atoms. The molecule has 1 amide bonds. The third-order valence-electron chi connectivity index (χ3n) is 2.17. The van der Waals surface area contributed by atoms with Gasteiger partial charge in [0.2, 0.25) is 5.95 Å². The molecule has 2 aromatic rings. The van der Waals surface area contributed by atoms with Gasteiger partial charge in [0.1, 0.15) is 16.7 Å². The Labute approximate surface area is 107 Å². The number of hydrogen-bond acceptors (Lipinski definition) is 3. The summed E-state index contributed by atoms with van der Waals surface area (Å²) >= 11 is 11.7. The second-order valence-corrected chi connectivity index (χ2v) is 4.19. The number of aromatic nitrogens is 4. The molecule has 8 heteroatoms. The van der Waals surface area contributed by atoms with Crippen molar-refractivity contribution in [3.05, 3.63) is 27.8 Å². The van der Waals surface area contributed by atoms with Crippen LogP contribution in [0.25, 0.3) is 0 Å². The maximum Gasteiger partial charge on any atom is 0.274 e. The highest BCUT2D eigenvalue weighted by atomic mass is 35.5. The summed E-state index contributed by atoms with van der Waals surface area (Å²) in [5.74, 6) is 0.449. The maximum atomic E-state index is 11.9. The van der Waals surface area contributed by atoms with Crippen molar-refractivity contribution in [2.75, 3.05) is 5.32 Å². The molecule has 2 N–H and O–H groups in total. The van der Waals surface area contributed by atoms with Gasteiger partial charge in [-0.3, -0.25) is 15.2 Å². The van der Waals surface area contributed by atoms with Gasteiger partial charge >= 0.3 is 0 Å². The van der Waals surface area contributed by atoms with E-state index in [1.165, 1.54) is 10.6 Å². The van der Waals surface area contributed by atoms with Crippen LogP contribution in [0.1, 0.15) is 16.3 Å². The van der Waals surface area contributed by atoms with Crippen molar-refractivity contribution in [2.24, 2.45) is 7.05 Å². The van der Waals surface area contributed by atoms with Crippen molar-refractivity contribution in [3.8, 4) is 0 Å². The number of aryl methyl sites for hydroxylation is 1. The Bertz CT molecular complexity index is 574. The summed E-state index contributed by atoms with van der Waals surface area (Å²) in [5.41, 5.74) is 0.336. The van der Waals surface area contributed by atoms with Crippen LogP contribution < -0.4 is 5.32 Å². The van der Waals surface area contributed by atoms with Crippen molar-refractivity contribution in [1.82, 2.24) is 19.7 Å². The van der Waals surface area contributed by atoms with E-state index >= 15 is 0 Å². The molecule has 17 heavy (non-hydrogen) atoms. The third kappa shape index (κ3) is 2.27. The molecule has 2 heterocycles. The van der Waals surface area contributed by atoms with Crippen LogP contribution in [-0.4, -0.2) is 25.7 Å². The summed E-state index contributed by atoms with van der Waals surface area (Å²) in [6.45, 7) is 1.74. The van der Waals surface area contributed by atoms with Crippen molar-refractivity contribution in [2.45, 2.75) is 6.92 Å². The predicted octanol–water partition coefficient (Wildman–Crippen LogP) is 2.01. The second-order valence-electron chi connectivity index (χ2n) is 3.43. The van der Waals surface area contributed by atoms with Gasteiger partial charge in [0.15, 0.2) is 0 Å². The van der Waals surface area contributed by atoms with E-state index in [0.717, 1.165) is 0 Å². The Morgan fingerprint density at radius 3 is 2.71 bits per heavy atom. The average Bonchev–Trinajstić information content (AvgIpc) is 2.78. The van der Waals surface area contributed by atoms with Crippen LogP contribution in [0, 0.1) is 6.92 Å². The first kappa shape index (κ1) is 11.9. The molecule has 0 atom stereocenters. The van der Waals surface area contributed by atoms with Gasteiger partial charge in [0.25, 0.3) is 5.91 Å². The number of nitrogens with zero attached hydrogens (tertiary/aromatic N) is 3. The number of H-pyrrole nitrogens is 1. The summed E-state index contributed by atoms with van der Waals surface area (Å²) in [5, 5.41) is 9.58. The number of carbonyl (C=O) groups excluding carboxylic acids is 1. The van der Waals surface area contributed by atoms with Gasteiger partial charge in [-0.2, -0.15) is 4.98 Å². The topological polar surface area (TPSA) is 75.6 Å². The number of aromatic amines is 1. The minimum absolute atomic E-state index is 0.209. The Morgan fingerprint density at radius 2 is 2.24 bits per heavy atom. The first-order valence-electron chi connectivity index (χ1n) is 4.70. The molecule has 2 aromatic heterocycles. The van der Waals surface area contributed by atoms with E-state index in [9.17, 15) is 4.79 Å². The lowest BCUT2D eigenvalue weighted by Gasteiger charge is -2.02. The third-order valence-corrected chi connectivity index (χ3v) is 3.01. The van der Waals surface area contributed by atoms with Gasteiger partial charge in [-0.1, -0.05) is 23.2 Å². The summed E-state index contributed by atoms with van der Waals surface area (Å²) in [6.07, 6.45) is 0. The predicted molar refractivity (Wildman–Crippen MR) is 64.5 cm³/mol. The van der Waals surface area contributed by atoms with Gasteiger partial charge in [0, 0.05) is 7.05 Å². The molecule has 0 aliphatic heterocycles. The monoisotopic (exact) mass is 273 g/mol. The minimum atomic E-state index is -0.375. The number of nitrogens with one attached hydrogen (secondary N) is 2. The van der Waals surface area contributed by atoms with Gasteiger partial charge in [-0.25, -0.2) is 0 Å². The quantitative estimate of drug-likeness (QED) is 0.879. The van der Waals surface area contributed by atoms with Crippen LogP contribution in [-0.2, 0) is 7.05 Å². The van der Waals surface area contributed by atoms with Crippen LogP contribution in [0.15, 0.2) is 6.07 Å². The van der Waals surface area contributed by atoms with Gasteiger partial charge in [-0.05, 0) is 13.0 Å². The van der Waals surface area contributed by atoms with Crippen molar-refractivity contribution in [1.29, 1.82) is 0 Å². The number of anilines is 1. The van der Waals surface area contributed by atoms with Crippen molar-refractivity contribution >= 4 is 35.1 Å². The highest BCUT2D eigenvalue weighted by molar-refractivity contribution is 6.42. The molecular formula is C9H9Cl2N5O. The van der Waals surface area contributed by atoms with E-state index in [0.29, 0.717) is 21.7 Å². The van der Waals surface area contributed by atoms with Crippen molar-refractivity contribution < 1.29 is 4.79 Å². The van der Waals surface area contributed by atoms with E-state index in [1.807, 2.05) is 0 Å². The zero-order chi connectivity index (χ0) is 12.6. The second kappa shape index (κ2) is 4.38. The first-order chi connectivity index (χ1) is 7.99. The molecule has 6 nitrogen and oxygen atoms in total. The molecule has 0 bridgehead atoms. The number of amides is 1. The molecule has 0 aromatic carbocycles. The fourth-order valence-electron chi connectivity index (χ4n) is 1.32. The Hall–Kier alpha value is -1.53. The number of carbonyl (C=O) groups is 1. The minimum Gasteiger partial charge on any atom is -0.329 e. The van der Waals surface area contributed by atoms with E-state index in [2.05, 4.69) is 20.5 Å². The van der Waals surface area contributed by atoms with Crippen molar-refractivity contribution in [3.63, 3.8) is 0 Å². The summed E-state index contributed by atoms with van der Waals surface area (Å²) in [7, 11) is 1.65. The standard InChI is InChI=1S/C9H9Cl2N5O/c1-4-12-9(15-14-4)13-8(17)6-3-5(10)7(11)16(6)2/h3H,1-2H3,(H2,12,13,14,15,17). The molecule has 0 saturated carbocycles. The largest absolute Gasteiger partial charge is 0.329 e. The van der Waals surface area contributed by atoms with E-state index in [1.54, 1.807) is 14.0 Å². The first-order valence-corrected chi connectivity index (χ1v) is 5.45. The smallest absolute Gasteiger partial charge is 0.274 e. The Balaban J connectivity index is 2.23. The molecule has 0 radical (unpaired) electrons. The van der Waals surface area contributed by atoms with Gasteiger partial charge < -0.3 is 4.57 Å². The lowest BCUT2D eigenvalue weighted by atomic mass is 10.4. The lowest BCUT2D eigenvalue weighted by Crippen LogP contribution is -2.16. The highest BCUT2D eigenvalue weighted by Crippen LogP contribution is 2.25. The van der Waals surface area contributed by atoms with Crippen LogP contribution >= 0.6 is 23.2 Å². The molecule has 90 valence electrons. The number of rotatable bonds is 2. The van der Waals surface area contributed by atoms with Crippen LogP contribution in [0.4, 0.5) is 5.95 Å². The van der Waals surface area contributed by atoms with Crippen LogP contribution in [0.2, 0.25) is 10.2 Å². The van der Waals surface area contributed by atoms with E-state index < -0.39 is 0 Å². The average molecular weight is 274 g/mol. The lowest BCUT2D eigenvalue weighted by molar-refractivity contribution is 0.101. The summed E-state index contributed by atoms with van der Waals surface area (Å²) in [6, 6.07) is 1.48. The SMILES string of the molecule is Cc1nc(NC(=O)c2cc(Cl)c(Cl)n2C)n[nH]1. The molecule has 0 aliphatic rings. The zero-order valence-electron chi connectivity index (χ0n) is 9.08. The number of hydrogen-bond donors (Lipinski definition) is 2. The Morgan fingerprint density at radius 1 is 1.53 bits per heavy atom. The summed E-state index contributed by atoms with van der Waals surface area (Å²) in [4.78, 5) is 15.8. The fraction of sp³-hybridized carbons (Fsp3) is 0.222. The number of halogens is 2. The van der Waals surface area contributed by atoms with Crippen LogP contribution in [0.5, 0.6) is 0 Å². The zero-order valence-corrected chi connectivity index (χ0v) is 10.6. The van der Waals surface area contributed by atoms with Gasteiger partial charge in [0.05, 0.1) is 5.02 Å². The maximum absolute atomic E-state index is 11.9. The van der Waals surface area contributed by atoms with Crippen LogP contribution in [0.3, 0.4) is 0 Å². The summed E-state index contributed by atoms with van der Waals surface area (Å²) < 4.78 is 1.48. The fourth-order valence-corrected chi connectivity index (χ4v) is 1.70. The van der Waals surface area contributed by atoms with Gasteiger partial charge in [-0.15, -0.1) is 5.10 Å². The van der Waals surface area contributed by atoms with E-state index in [-0.39, 0.29) is 11.9 Å². The highest BCUT2D eigenvalue weighted by Gasteiger charge is 2.16. The molecular weight excluding hydrogens is 265 g/mol. The molecule has 0 unspecified atom stereocenters.